The molecular formula is C32H37F3N2O2. The standard InChI is InChI=1S/C32H37F3N2O2/c1-2-3-4-5-6-7-8-19-37(32(38)36-29-18-16-26(34)22-28(29)35)30-10-9-20-39-31-21-24(13-17-27(30)31)23-11-14-25(33)15-12-23/h11-18,21-22,30H,2-10,19-20H2,1H3,(H,36,38). The molecule has 3 aromatic carbocycles. The molecule has 0 spiro atoms. The number of urea groups is 1. The Labute approximate surface area is 229 Å². The van der Waals surface area contributed by atoms with E-state index in [1.807, 2.05) is 18.2 Å². The van der Waals surface area contributed by atoms with Crippen LogP contribution in [0, 0.1) is 17.5 Å². The van der Waals surface area contributed by atoms with Crippen molar-refractivity contribution in [1.82, 2.24) is 4.90 Å². The van der Waals surface area contributed by atoms with Crippen molar-refractivity contribution in [3.8, 4) is 16.9 Å². The van der Waals surface area contributed by atoms with Crippen LogP contribution < -0.4 is 10.1 Å². The Bertz CT molecular complexity index is 1230. The van der Waals surface area contributed by atoms with E-state index in [1.165, 1.54) is 43.9 Å². The van der Waals surface area contributed by atoms with E-state index >= 15 is 0 Å². The van der Waals surface area contributed by atoms with E-state index in [-0.39, 0.29) is 17.5 Å². The first-order valence-corrected chi connectivity index (χ1v) is 14.0. The second kappa shape index (κ2) is 14.1. The number of anilines is 1. The minimum atomic E-state index is -0.812. The van der Waals surface area contributed by atoms with Crippen LogP contribution in [-0.2, 0) is 0 Å². The van der Waals surface area contributed by atoms with Crippen LogP contribution in [0.5, 0.6) is 5.75 Å². The number of ether oxygens (including phenoxy) is 1. The third-order valence-electron chi connectivity index (χ3n) is 7.24. The fourth-order valence-corrected chi connectivity index (χ4v) is 5.11. The molecule has 0 saturated heterocycles. The molecule has 1 aliphatic rings. The Morgan fingerprint density at radius 3 is 2.31 bits per heavy atom. The maximum atomic E-state index is 14.4. The van der Waals surface area contributed by atoms with Crippen LogP contribution in [0.4, 0.5) is 23.7 Å². The van der Waals surface area contributed by atoms with E-state index in [2.05, 4.69) is 12.2 Å². The van der Waals surface area contributed by atoms with Crippen LogP contribution in [0.3, 0.4) is 0 Å². The number of carbonyl (C=O) groups excluding carboxylic acids is 1. The fourth-order valence-electron chi connectivity index (χ4n) is 5.11. The summed E-state index contributed by atoms with van der Waals surface area (Å²) in [5, 5.41) is 2.67. The lowest BCUT2D eigenvalue weighted by Gasteiger charge is -2.32. The molecule has 0 fully saturated rings. The van der Waals surface area contributed by atoms with Crippen molar-refractivity contribution in [2.45, 2.75) is 70.8 Å². The SMILES string of the molecule is CCCCCCCCCN(C(=O)Nc1ccc(F)cc1F)C1CCCOc2cc(-c3ccc(F)cc3)ccc21. The lowest BCUT2D eigenvalue weighted by molar-refractivity contribution is 0.181. The number of fused-ring (bicyclic) bond motifs is 1. The van der Waals surface area contributed by atoms with Crippen molar-refractivity contribution < 1.29 is 22.7 Å². The summed E-state index contributed by atoms with van der Waals surface area (Å²) in [5.41, 5.74) is 2.60. The van der Waals surface area contributed by atoms with E-state index in [9.17, 15) is 18.0 Å². The molecule has 4 nitrogen and oxygen atoms in total. The zero-order valence-corrected chi connectivity index (χ0v) is 22.5. The number of nitrogens with zero attached hydrogens (tertiary/aromatic N) is 1. The van der Waals surface area contributed by atoms with Crippen molar-refractivity contribution in [2.75, 3.05) is 18.5 Å². The molecule has 1 unspecified atom stereocenters. The van der Waals surface area contributed by atoms with E-state index in [0.29, 0.717) is 25.3 Å². The molecule has 4 rings (SSSR count). The Hall–Kier alpha value is -3.48. The second-order valence-corrected chi connectivity index (χ2v) is 10.1. The van der Waals surface area contributed by atoms with E-state index in [0.717, 1.165) is 54.5 Å². The number of nitrogens with one attached hydrogen (secondary N) is 1. The third kappa shape index (κ3) is 7.78. The first-order chi connectivity index (χ1) is 19.0. The lowest BCUT2D eigenvalue weighted by Crippen LogP contribution is -2.39. The third-order valence-corrected chi connectivity index (χ3v) is 7.24. The first-order valence-electron chi connectivity index (χ1n) is 14.0. The number of benzene rings is 3. The minimum absolute atomic E-state index is 0.0530. The van der Waals surface area contributed by atoms with Crippen molar-refractivity contribution in [3.05, 3.63) is 83.7 Å². The van der Waals surface area contributed by atoms with Gasteiger partial charge in [-0.05, 0) is 60.7 Å². The highest BCUT2D eigenvalue weighted by molar-refractivity contribution is 5.90. The van der Waals surface area contributed by atoms with Gasteiger partial charge in [0.2, 0.25) is 0 Å². The lowest BCUT2D eigenvalue weighted by atomic mass is 9.96. The highest BCUT2D eigenvalue weighted by Gasteiger charge is 2.30. The highest BCUT2D eigenvalue weighted by Crippen LogP contribution is 2.39. The van der Waals surface area contributed by atoms with Gasteiger partial charge in [-0.3, -0.25) is 0 Å². The number of rotatable bonds is 11. The summed E-state index contributed by atoms with van der Waals surface area (Å²) >= 11 is 0. The number of halogens is 3. The predicted octanol–water partition coefficient (Wildman–Crippen LogP) is 9.27. The summed E-state index contributed by atoms with van der Waals surface area (Å²) in [6.45, 7) is 3.21. The number of amides is 2. The van der Waals surface area contributed by atoms with Gasteiger partial charge in [0, 0.05) is 18.2 Å². The average Bonchev–Trinajstić information content (AvgIpc) is 3.14. The molecule has 1 heterocycles. The van der Waals surface area contributed by atoms with Gasteiger partial charge in [0.15, 0.2) is 0 Å². The average molecular weight is 539 g/mol. The van der Waals surface area contributed by atoms with Gasteiger partial charge in [0.05, 0.1) is 18.3 Å². The van der Waals surface area contributed by atoms with Crippen molar-refractivity contribution in [3.63, 3.8) is 0 Å². The van der Waals surface area contributed by atoms with Gasteiger partial charge in [0.25, 0.3) is 0 Å². The van der Waals surface area contributed by atoms with Gasteiger partial charge in [-0.1, -0.05) is 69.7 Å². The Morgan fingerprint density at radius 2 is 1.56 bits per heavy atom. The smallest absolute Gasteiger partial charge is 0.322 e. The van der Waals surface area contributed by atoms with Crippen LogP contribution in [0.15, 0.2) is 60.7 Å². The molecule has 3 aromatic rings. The second-order valence-electron chi connectivity index (χ2n) is 10.1. The van der Waals surface area contributed by atoms with Crippen LogP contribution >= 0.6 is 0 Å². The molecular weight excluding hydrogens is 501 g/mol. The van der Waals surface area contributed by atoms with Gasteiger partial charge < -0.3 is 15.0 Å². The van der Waals surface area contributed by atoms with E-state index in [4.69, 9.17) is 4.74 Å². The van der Waals surface area contributed by atoms with Gasteiger partial charge in [-0.2, -0.15) is 0 Å². The molecule has 1 atom stereocenters. The molecule has 2 amide bonds. The predicted molar refractivity (Wildman–Crippen MR) is 149 cm³/mol. The van der Waals surface area contributed by atoms with E-state index in [1.54, 1.807) is 17.0 Å². The molecule has 7 heteroatoms. The molecule has 0 aromatic heterocycles. The minimum Gasteiger partial charge on any atom is -0.493 e. The molecule has 0 bridgehead atoms. The van der Waals surface area contributed by atoms with E-state index < -0.39 is 17.7 Å². The Kier molecular flexibility index (Phi) is 10.3. The zero-order valence-electron chi connectivity index (χ0n) is 22.5. The fraction of sp³-hybridized carbons (Fsp3) is 0.406. The normalized spacial score (nSPS) is 14.7. The number of hydrogen-bond acceptors (Lipinski definition) is 2. The van der Waals surface area contributed by atoms with Crippen LogP contribution in [0.2, 0.25) is 0 Å². The quantitative estimate of drug-likeness (QED) is 0.247. The van der Waals surface area contributed by atoms with Crippen molar-refractivity contribution in [2.24, 2.45) is 0 Å². The summed E-state index contributed by atoms with van der Waals surface area (Å²) in [4.78, 5) is 15.3. The highest BCUT2D eigenvalue weighted by atomic mass is 19.1. The summed E-state index contributed by atoms with van der Waals surface area (Å²) < 4.78 is 47.4. The maximum Gasteiger partial charge on any atom is 0.322 e. The monoisotopic (exact) mass is 538 g/mol. The van der Waals surface area contributed by atoms with Crippen molar-refractivity contribution >= 4 is 11.7 Å². The molecule has 208 valence electrons. The number of unbranched alkanes of at least 4 members (excludes halogenated alkanes) is 6. The van der Waals surface area contributed by atoms with Gasteiger partial charge in [-0.15, -0.1) is 0 Å². The Balaban J connectivity index is 1.57. The molecule has 0 aliphatic carbocycles. The van der Waals surface area contributed by atoms with Gasteiger partial charge in [0.1, 0.15) is 23.2 Å². The largest absolute Gasteiger partial charge is 0.493 e. The summed E-state index contributed by atoms with van der Waals surface area (Å²) in [6, 6.07) is 14.6. The number of carbonyl (C=O) groups is 1. The summed E-state index contributed by atoms with van der Waals surface area (Å²) in [6.07, 6.45) is 9.19. The molecule has 39 heavy (non-hydrogen) atoms. The first kappa shape index (κ1) is 28.5. The van der Waals surface area contributed by atoms with Crippen molar-refractivity contribution in [1.29, 1.82) is 0 Å². The summed E-state index contributed by atoms with van der Waals surface area (Å²) in [7, 11) is 0. The molecule has 1 N–H and O–H groups in total. The van der Waals surface area contributed by atoms with Gasteiger partial charge >= 0.3 is 6.03 Å². The molecule has 1 aliphatic heterocycles. The maximum absolute atomic E-state index is 14.4. The van der Waals surface area contributed by atoms with Gasteiger partial charge in [-0.25, -0.2) is 18.0 Å². The van der Waals surface area contributed by atoms with Crippen LogP contribution in [-0.4, -0.2) is 24.1 Å². The topological polar surface area (TPSA) is 41.6 Å². The molecule has 0 saturated carbocycles. The van der Waals surface area contributed by atoms with Crippen LogP contribution in [0.25, 0.3) is 11.1 Å². The molecule has 0 radical (unpaired) electrons. The van der Waals surface area contributed by atoms with Crippen LogP contribution in [0.1, 0.15) is 76.3 Å². The number of hydrogen-bond donors (Lipinski definition) is 1. The summed E-state index contributed by atoms with van der Waals surface area (Å²) in [5.74, 6) is -1.12. The Morgan fingerprint density at radius 1 is 0.872 bits per heavy atom. The zero-order chi connectivity index (χ0) is 27.6.